The molecule has 1 aromatic heterocycles. The fourth-order valence-corrected chi connectivity index (χ4v) is 2.32. The molecule has 0 aliphatic carbocycles. The molecule has 1 heterocycles. The normalized spacial score (nSPS) is 10.9. The van der Waals surface area contributed by atoms with Crippen LogP contribution in [0.2, 0.25) is 0 Å². The maximum Gasteiger partial charge on any atom is 0.225 e. The fraction of sp³-hybridized carbons (Fsp3) is 0.222. The highest BCUT2D eigenvalue weighted by Crippen LogP contribution is 2.22. The third-order valence-electron chi connectivity index (χ3n) is 3.32. The molecule has 0 amide bonds. The van der Waals surface area contributed by atoms with E-state index in [0.717, 1.165) is 16.7 Å². The van der Waals surface area contributed by atoms with Crippen LogP contribution in [0.4, 0.5) is 11.8 Å². The number of aromatic nitrogens is 2. The Balaban J connectivity index is 1.89. The number of hydrogen-bond acceptors (Lipinski definition) is 4. The zero-order chi connectivity index (χ0) is 15.4. The average Bonchev–Trinajstić information content (AvgIpc) is 2.53. The highest BCUT2D eigenvalue weighted by atomic mass is 15.1. The highest BCUT2D eigenvalue weighted by Gasteiger charge is 2.08. The lowest BCUT2D eigenvalue weighted by molar-refractivity contribution is 0.889. The molecule has 4 heteroatoms. The minimum absolute atomic E-state index is 0.320. The lowest BCUT2D eigenvalue weighted by Crippen LogP contribution is -2.13. The Morgan fingerprint density at radius 3 is 2.41 bits per heavy atom. The van der Waals surface area contributed by atoms with Crippen LogP contribution in [0.5, 0.6) is 0 Å². The molecular weight excluding hydrogens is 272 g/mol. The third kappa shape index (κ3) is 3.34. The second-order valence-electron chi connectivity index (χ2n) is 5.55. The van der Waals surface area contributed by atoms with Gasteiger partial charge in [0.05, 0.1) is 5.52 Å². The Labute approximate surface area is 130 Å². The summed E-state index contributed by atoms with van der Waals surface area (Å²) in [5.41, 5.74) is 2.15. The minimum atomic E-state index is 0.320. The van der Waals surface area contributed by atoms with Gasteiger partial charge in [0.2, 0.25) is 5.95 Å². The number of anilines is 2. The van der Waals surface area contributed by atoms with Crippen molar-refractivity contribution in [2.45, 2.75) is 26.4 Å². The molecule has 3 rings (SSSR count). The van der Waals surface area contributed by atoms with E-state index in [1.54, 1.807) is 0 Å². The zero-order valence-electron chi connectivity index (χ0n) is 12.9. The van der Waals surface area contributed by atoms with Crippen molar-refractivity contribution in [1.82, 2.24) is 9.97 Å². The van der Waals surface area contributed by atoms with E-state index in [9.17, 15) is 0 Å². The van der Waals surface area contributed by atoms with Gasteiger partial charge in [-0.1, -0.05) is 42.5 Å². The van der Waals surface area contributed by atoms with Gasteiger partial charge in [-0.3, -0.25) is 0 Å². The first-order valence-corrected chi connectivity index (χ1v) is 7.53. The Kier molecular flexibility index (Phi) is 4.19. The van der Waals surface area contributed by atoms with Crippen molar-refractivity contribution in [2.75, 3.05) is 10.6 Å². The molecule has 0 bridgehead atoms. The standard InChI is InChI=1S/C18H20N4/c1-13(2)20-17-15-10-6-7-11-16(15)21-18(22-17)19-12-14-8-4-3-5-9-14/h3-11,13H,12H2,1-2H3,(H2,19,20,21,22). The minimum Gasteiger partial charge on any atom is -0.367 e. The van der Waals surface area contributed by atoms with Gasteiger partial charge in [0.1, 0.15) is 5.82 Å². The van der Waals surface area contributed by atoms with Crippen molar-refractivity contribution >= 4 is 22.7 Å². The monoisotopic (exact) mass is 292 g/mol. The van der Waals surface area contributed by atoms with Gasteiger partial charge < -0.3 is 10.6 Å². The largest absolute Gasteiger partial charge is 0.367 e. The molecule has 112 valence electrons. The second-order valence-corrected chi connectivity index (χ2v) is 5.55. The third-order valence-corrected chi connectivity index (χ3v) is 3.32. The van der Waals surface area contributed by atoms with E-state index in [1.165, 1.54) is 5.56 Å². The molecule has 0 radical (unpaired) electrons. The summed E-state index contributed by atoms with van der Waals surface area (Å²) in [5, 5.41) is 7.74. The smallest absolute Gasteiger partial charge is 0.225 e. The number of fused-ring (bicyclic) bond motifs is 1. The molecule has 4 nitrogen and oxygen atoms in total. The first kappa shape index (κ1) is 14.3. The van der Waals surface area contributed by atoms with E-state index >= 15 is 0 Å². The van der Waals surface area contributed by atoms with Gasteiger partial charge in [0.25, 0.3) is 0 Å². The molecule has 2 aromatic carbocycles. The Hall–Kier alpha value is -2.62. The molecule has 0 spiro atoms. The average molecular weight is 292 g/mol. The van der Waals surface area contributed by atoms with Crippen LogP contribution in [0, 0.1) is 0 Å². The van der Waals surface area contributed by atoms with Crippen molar-refractivity contribution in [3.63, 3.8) is 0 Å². The number of para-hydroxylation sites is 1. The summed E-state index contributed by atoms with van der Waals surface area (Å²) >= 11 is 0. The molecule has 3 aromatic rings. The summed E-state index contributed by atoms with van der Waals surface area (Å²) in [6.45, 7) is 4.92. The van der Waals surface area contributed by atoms with Crippen LogP contribution in [-0.2, 0) is 6.54 Å². The first-order chi connectivity index (χ1) is 10.7. The zero-order valence-corrected chi connectivity index (χ0v) is 12.9. The maximum atomic E-state index is 4.62. The van der Waals surface area contributed by atoms with E-state index in [-0.39, 0.29) is 0 Å². The first-order valence-electron chi connectivity index (χ1n) is 7.53. The maximum absolute atomic E-state index is 4.62. The van der Waals surface area contributed by atoms with E-state index < -0.39 is 0 Å². The predicted octanol–water partition coefficient (Wildman–Crippen LogP) is 4.06. The van der Waals surface area contributed by atoms with Crippen LogP contribution < -0.4 is 10.6 Å². The van der Waals surface area contributed by atoms with Gasteiger partial charge in [0.15, 0.2) is 0 Å². The Morgan fingerprint density at radius 2 is 1.64 bits per heavy atom. The Bertz CT molecular complexity index is 753. The molecule has 0 aliphatic rings. The molecule has 2 N–H and O–H groups in total. The lowest BCUT2D eigenvalue weighted by atomic mass is 10.2. The molecule has 0 atom stereocenters. The lowest BCUT2D eigenvalue weighted by Gasteiger charge is -2.14. The number of rotatable bonds is 5. The van der Waals surface area contributed by atoms with Gasteiger partial charge in [0, 0.05) is 18.0 Å². The van der Waals surface area contributed by atoms with Gasteiger partial charge in [-0.2, -0.15) is 4.98 Å². The van der Waals surface area contributed by atoms with Gasteiger partial charge in [-0.15, -0.1) is 0 Å². The number of benzene rings is 2. The van der Waals surface area contributed by atoms with Crippen LogP contribution in [0.25, 0.3) is 10.9 Å². The number of nitrogens with one attached hydrogen (secondary N) is 2. The summed E-state index contributed by atoms with van der Waals surface area (Å²) in [5.74, 6) is 1.52. The van der Waals surface area contributed by atoms with Crippen LogP contribution >= 0.6 is 0 Å². The van der Waals surface area contributed by atoms with Gasteiger partial charge in [-0.05, 0) is 31.5 Å². The van der Waals surface area contributed by atoms with Crippen LogP contribution in [0.15, 0.2) is 54.6 Å². The van der Waals surface area contributed by atoms with E-state index in [2.05, 4.69) is 46.6 Å². The number of hydrogen-bond donors (Lipinski definition) is 2. The topological polar surface area (TPSA) is 49.8 Å². The molecule has 0 saturated carbocycles. The van der Waals surface area contributed by atoms with Crippen LogP contribution in [0.1, 0.15) is 19.4 Å². The molecule has 0 unspecified atom stereocenters. The van der Waals surface area contributed by atoms with Crippen molar-refractivity contribution in [3.8, 4) is 0 Å². The summed E-state index contributed by atoms with van der Waals surface area (Å²) in [6.07, 6.45) is 0. The fourth-order valence-electron chi connectivity index (χ4n) is 2.32. The second kappa shape index (κ2) is 6.43. The van der Waals surface area contributed by atoms with Crippen LogP contribution in [-0.4, -0.2) is 16.0 Å². The molecule has 0 aliphatic heterocycles. The molecule has 0 saturated heterocycles. The van der Waals surface area contributed by atoms with E-state index in [4.69, 9.17) is 0 Å². The summed E-state index contributed by atoms with van der Waals surface area (Å²) < 4.78 is 0. The SMILES string of the molecule is CC(C)Nc1nc(NCc2ccccc2)nc2ccccc12. The van der Waals surface area contributed by atoms with Crippen LogP contribution in [0.3, 0.4) is 0 Å². The van der Waals surface area contributed by atoms with Crippen molar-refractivity contribution in [1.29, 1.82) is 0 Å². The van der Waals surface area contributed by atoms with Crippen molar-refractivity contribution in [3.05, 3.63) is 60.2 Å². The molecule has 0 fully saturated rings. The summed E-state index contributed by atoms with van der Waals surface area (Å²) in [4.78, 5) is 9.22. The van der Waals surface area contributed by atoms with Crippen molar-refractivity contribution in [2.24, 2.45) is 0 Å². The van der Waals surface area contributed by atoms with Crippen molar-refractivity contribution < 1.29 is 0 Å². The van der Waals surface area contributed by atoms with E-state index in [1.807, 2.05) is 42.5 Å². The molecule has 22 heavy (non-hydrogen) atoms. The van der Waals surface area contributed by atoms with E-state index in [0.29, 0.717) is 18.5 Å². The quantitative estimate of drug-likeness (QED) is 0.744. The molecular formula is C18H20N4. The predicted molar refractivity (Wildman–Crippen MR) is 92.1 cm³/mol. The highest BCUT2D eigenvalue weighted by molar-refractivity contribution is 5.90. The van der Waals surface area contributed by atoms with Gasteiger partial charge >= 0.3 is 0 Å². The summed E-state index contributed by atoms with van der Waals surface area (Å²) in [7, 11) is 0. The number of nitrogens with zero attached hydrogens (tertiary/aromatic N) is 2. The van der Waals surface area contributed by atoms with Gasteiger partial charge in [-0.25, -0.2) is 4.98 Å². The summed E-state index contributed by atoms with van der Waals surface area (Å²) in [6, 6.07) is 18.6. The Morgan fingerprint density at radius 1 is 0.909 bits per heavy atom.